The zero-order valence-corrected chi connectivity index (χ0v) is 11.7. The van der Waals surface area contributed by atoms with E-state index in [4.69, 9.17) is 0 Å². The standard InChI is InChI=1S/C16H22FNO2/c17-14-6-4-13(5-7-14)16(20)3-1-2-10-18-11-8-15(19)9-12-18/h4-7,15,19H,1-3,8-12H2. The molecule has 0 aromatic heterocycles. The van der Waals surface area contributed by atoms with Gasteiger partial charge < -0.3 is 10.0 Å². The summed E-state index contributed by atoms with van der Waals surface area (Å²) >= 11 is 0. The van der Waals surface area contributed by atoms with Crippen molar-refractivity contribution >= 4 is 5.78 Å². The largest absolute Gasteiger partial charge is 0.393 e. The van der Waals surface area contributed by atoms with Gasteiger partial charge in [0.2, 0.25) is 0 Å². The quantitative estimate of drug-likeness (QED) is 0.643. The number of Topliss-reactive ketones (excluding diaryl/α,β-unsaturated/α-hetero) is 1. The van der Waals surface area contributed by atoms with Gasteiger partial charge in [0.15, 0.2) is 5.78 Å². The summed E-state index contributed by atoms with van der Waals surface area (Å²) in [6.45, 7) is 2.89. The maximum Gasteiger partial charge on any atom is 0.162 e. The van der Waals surface area contributed by atoms with E-state index in [9.17, 15) is 14.3 Å². The number of nitrogens with zero attached hydrogens (tertiary/aromatic N) is 1. The van der Waals surface area contributed by atoms with Crippen LogP contribution in [0, 0.1) is 5.82 Å². The van der Waals surface area contributed by atoms with Gasteiger partial charge in [-0.2, -0.15) is 0 Å². The van der Waals surface area contributed by atoms with Crippen LogP contribution in [0.2, 0.25) is 0 Å². The van der Waals surface area contributed by atoms with Gasteiger partial charge in [0.25, 0.3) is 0 Å². The van der Waals surface area contributed by atoms with Gasteiger partial charge in [-0.3, -0.25) is 4.79 Å². The Hall–Kier alpha value is -1.26. The normalized spacial score (nSPS) is 17.3. The molecule has 3 nitrogen and oxygen atoms in total. The second-order valence-corrected chi connectivity index (χ2v) is 5.46. The number of benzene rings is 1. The van der Waals surface area contributed by atoms with E-state index in [1.807, 2.05) is 0 Å². The highest BCUT2D eigenvalue weighted by Crippen LogP contribution is 2.12. The lowest BCUT2D eigenvalue weighted by atomic mass is 10.0. The Labute approximate surface area is 119 Å². The third-order valence-electron chi connectivity index (χ3n) is 3.85. The van der Waals surface area contributed by atoms with E-state index in [0.29, 0.717) is 12.0 Å². The number of aliphatic hydroxyl groups is 1. The first-order chi connectivity index (χ1) is 9.65. The van der Waals surface area contributed by atoms with Gasteiger partial charge in [-0.25, -0.2) is 4.39 Å². The van der Waals surface area contributed by atoms with Crippen molar-refractivity contribution < 1.29 is 14.3 Å². The number of carbonyl (C=O) groups is 1. The van der Waals surface area contributed by atoms with Gasteiger partial charge in [-0.15, -0.1) is 0 Å². The molecule has 4 heteroatoms. The molecule has 0 aliphatic carbocycles. The van der Waals surface area contributed by atoms with Crippen LogP contribution in [-0.4, -0.2) is 41.5 Å². The number of rotatable bonds is 6. The van der Waals surface area contributed by atoms with Gasteiger partial charge in [0.1, 0.15) is 5.82 Å². The number of hydrogen-bond donors (Lipinski definition) is 1. The van der Waals surface area contributed by atoms with Crippen molar-refractivity contribution in [1.29, 1.82) is 0 Å². The molecule has 1 aromatic carbocycles. The highest BCUT2D eigenvalue weighted by Gasteiger charge is 2.16. The van der Waals surface area contributed by atoms with E-state index in [0.717, 1.165) is 45.3 Å². The molecule has 0 atom stereocenters. The number of piperidine rings is 1. The Kier molecular flexibility index (Phi) is 5.68. The molecule has 0 spiro atoms. The molecule has 1 aliphatic rings. The van der Waals surface area contributed by atoms with E-state index in [-0.39, 0.29) is 17.7 Å². The molecule has 1 saturated heterocycles. The smallest absolute Gasteiger partial charge is 0.162 e. The summed E-state index contributed by atoms with van der Waals surface area (Å²) in [5.74, 6) is -0.229. The minimum Gasteiger partial charge on any atom is -0.393 e. The number of ketones is 1. The number of hydrogen-bond acceptors (Lipinski definition) is 3. The average molecular weight is 279 g/mol. The van der Waals surface area contributed by atoms with Crippen LogP contribution in [-0.2, 0) is 0 Å². The molecule has 0 radical (unpaired) electrons. The van der Waals surface area contributed by atoms with Crippen molar-refractivity contribution in [2.24, 2.45) is 0 Å². The average Bonchev–Trinajstić information content (AvgIpc) is 2.46. The molecule has 0 amide bonds. The van der Waals surface area contributed by atoms with Crippen LogP contribution in [0.4, 0.5) is 4.39 Å². The van der Waals surface area contributed by atoms with Gasteiger partial charge >= 0.3 is 0 Å². The molecular formula is C16H22FNO2. The second-order valence-electron chi connectivity index (χ2n) is 5.46. The Morgan fingerprint density at radius 1 is 1.20 bits per heavy atom. The summed E-state index contributed by atoms with van der Waals surface area (Å²) in [7, 11) is 0. The van der Waals surface area contributed by atoms with Gasteiger partial charge in [-0.05, 0) is 56.5 Å². The first-order valence-electron chi connectivity index (χ1n) is 7.34. The maximum absolute atomic E-state index is 12.8. The number of unbranched alkanes of at least 4 members (excludes halogenated alkanes) is 1. The fraction of sp³-hybridized carbons (Fsp3) is 0.562. The Balaban J connectivity index is 1.63. The third kappa shape index (κ3) is 4.69. The molecule has 0 unspecified atom stereocenters. The molecule has 0 saturated carbocycles. The van der Waals surface area contributed by atoms with E-state index < -0.39 is 0 Å². The van der Waals surface area contributed by atoms with Crippen molar-refractivity contribution in [2.75, 3.05) is 19.6 Å². The zero-order valence-electron chi connectivity index (χ0n) is 11.7. The van der Waals surface area contributed by atoms with Crippen LogP contribution in [0.1, 0.15) is 42.5 Å². The van der Waals surface area contributed by atoms with Crippen molar-refractivity contribution in [2.45, 2.75) is 38.2 Å². The Morgan fingerprint density at radius 3 is 2.50 bits per heavy atom. The molecule has 1 heterocycles. The lowest BCUT2D eigenvalue weighted by Crippen LogP contribution is -2.36. The summed E-state index contributed by atoms with van der Waals surface area (Å²) in [4.78, 5) is 14.2. The molecule has 0 bridgehead atoms. The van der Waals surface area contributed by atoms with E-state index in [1.165, 1.54) is 12.1 Å². The predicted octanol–water partition coefficient (Wildman–Crippen LogP) is 2.64. The number of aliphatic hydroxyl groups excluding tert-OH is 1. The monoisotopic (exact) mass is 279 g/mol. The van der Waals surface area contributed by atoms with Crippen LogP contribution in [0.5, 0.6) is 0 Å². The molecule has 1 aromatic rings. The van der Waals surface area contributed by atoms with Crippen molar-refractivity contribution in [3.63, 3.8) is 0 Å². The molecule has 20 heavy (non-hydrogen) atoms. The summed E-state index contributed by atoms with van der Waals surface area (Å²) in [5.41, 5.74) is 0.590. The van der Waals surface area contributed by atoms with Crippen LogP contribution in [0.25, 0.3) is 0 Å². The molecule has 2 rings (SSSR count). The predicted molar refractivity (Wildman–Crippen MR) is 76.3 cm³/mol. The van der Waals surface area contributed by atoms with Crippen LogP contribution in [0.15, 0.2) is 24.3 Å². The summed E-state index contributed by atoms with van der Waals surface area (Å²) in [6, 6.07) is 5.74. The zero-order chi connectivity index (χ0) is 14.4. The van der Waals surface area contributed by atoms with Crippen molar-refractivity contribution in [1.82, 2.24) is 4.90 Å². The van der Waals surface area contributed by atoms with Gasteiger partial charge in [0, 0.05) is 25.1 Å². The van der Waals surface area contributed by atoms with Gasteiger partial charge in [-0.1, -0.05) is 0 Å². The minimum atomic E-state index is -0.311. The summed E-state index contributed by atoms with van der Waals surface area (Å²) < 4.78 is 12.8. The van der Waals surface area contributed by atoms with E-state index in [2.05, 4.69) is 4.90 Å². The highest BCUT2D eigenvalue weighted by molar-refractivity contribution is 5.95. The number of likely N-dealkylation sites (tertiary alicyclic amines) is 1. The van der Waals surface area contributed by atoms with E-state index in [1.54, 1.807) is 12.1 Å². The van der Waals surface area contributed by atoms with Crippen molar-refractivity contribution in [3.05, 3.63) is 35.6 Å². The first kappa shape index (κ1) is 15.1. The van der Waals surface area contributed by atoms with E-state index >= 15 is 0 Å². The molecule has 1 aliphatic heterocycles. The SMILES string of the molecule is O=C(CCCCN1CCC(O)CC1)c1ccc(F)cc1. The maximum atomic E-state index is 12.8. The topological polar surface area (TPSA) is 40.5 Å². The summed E-state index contributed by atoms with van der Waals surface area (Å²) in [5, 5.41) is 9.42. The lowest BCUT2D eigenvalue weighted by molar-refractivity contribution is 0.0814. The minimum absolute atomic E-state index is 0.0825. The Morgan fingerprint density at radius 2 is 1.85 bits per heavy atom. The fourth-order valence-corrected chi connectivity index (χ4v) is 2.54. The highest BCUT2D eigenvalue weighted by atomic mass is 19.1. The second kappa shape index (κ2) is 7.50. The molecular weight excluding hydrogens is 257 g/mol. The summed E-state index contributed by atoms with van der Waals surface area (Å²) in [6.07, 6.45) is 3.94. The van der Waals surface area contributed by atoms with Crippen LogP contribution < -0.4 is 0 Å². The van der Waals surface area contributed by atoms with Gasteiger partial charge in [0.05, 0.1) is 6.10 Å². The van der Waals surface area contributed by atoms with Crippen molar-refractivity contribution in [3.8, 4) is 0 Å². The van der Waals surface area contributed by atoms with Crippen LogP contribution in [0.3, 0.4) is 0 Å². The number of halogens is 1. The lowest BCUT2D eigenvalue weighted by Gasteiger charge is -2.29. The van der Waals surface area contributed by atoms with Crippen LogP contribution >= 0.6 is 0 Å². The molecule has 1 N–H and O–H groups in total. The molecule has 1 fully saturated rings. The Bertz CT molecular complexity index is 425. The number of carbonyl (C=O) groups excluding carboxylic acids is 1. The molecule has 110 valence electrons. The fourth-order valence-electron chi connectivity index (χ4n) is 2.54. The first-order valence-corrected chi connectivity index (χ1v) is 7.34. The third-order valence-corrected chi connectivity index (χ3v) is 3.85.